The van der Waals surface area contributed by atoms with Gasteiger partial charge < -0.3 is 5.73 Å². The fourth-order valence-electron chi connectivity index (χ4n) is 2.61. The highest BCUT2D eigenvalue weighted by Gasteiger charge is 2.33. The van der Waals surface area contributed by atoms with E-state index in [4.69, 9.17) is 5.73 Å². The van der Waals surface area contributed by atoms with Crippen molar-refractivity contribution in [1.29, 1.82) is 0 Å². The Hall–Kier alpha value is -0.0800. The monoisotopic (exact) mass is 212 g/mol. The van der Waals surface area contributed by atoms with E-state index < -0.39 is 0 Å². The lowest BCUT2D eigenvalue weighted by Crippen LogP contribution is -2.51. The maximum Gasteiger partial charge on any atom is 0.0156 e. The van der Waals surface area contributed by atoms with Crippen molar-refractivity contribution in [1.82, 2.24) is 4.90 Å². The van der Waals surface area contributed by atoms with Gasteiger partial charge in [-0.15, -0.1) is 0 Å². The Morgan fingerprint density at radius 1 is 1.40 bits per heavy atom. The number of hydrogen-bond acceptors (Lipinski definition) is 2. The Kier molecular flexibility index (Phi) is 4.60. The topological polar surface area (TPSA) is 29.3 Å². The Labute approximate surface area is 95.2 Å². The van der Waals surface area contributed by atoms with Crippen LogP contribution in [-0.2, 0) is 0 Å². The molecule has 2 nitrogen and oxygen atoms in total. The van der Waals surface area contributed by atoms with Crippen LogP contribution in [-0.4, -0.2) is 30.1 Å². The molecular weight excluding hydrogens is 184 g/mol. The normalized spacial score (nSPS) is 27.2. The Morgan fingerprint density at radius 2 is 2.07 bits per heavy atom. The van der Waals surface area contributed by atoms with E-state index in [0.717, 1.165) is 18.4 Å². The molecule has 0 bridgehead atoms. The summed E-state index contributed by atoms with van der Waals surface area (Å²) in [5.41, 5.74) is 6.13. The van der Waals surface area contributed by atoms with Crippen LogP contribution >= 0.6 is 0 Å². The van der Waals surface area contributed by atoms with Crippen molar-refractivity contribution >= 4 is 0 Å². The van der Waals surface area contributed by atoms with Crippen molar-refractivity contribution in [3.05, 3.63) is 0 Å². The van der Waals surface area contributed by atoms with Crippen LogP contribution in [0.2, 0.25) is 0 Å². The van der Waals surface area contributed by atoms with Crippen LogP contribution in [0.3, 0.4) is 0 Å². The second kappa shape index (κ2) is 5.31. The van der Waals surface area contributed by atoms with Gasteiger partial charge in [0, 0.05) is 5.54 Å². The van der Waals surface area contributed by atoms with E-state index >= 15 is 0 Å². The van der Waals surface area contributed by atoms with E-state index in [1.54, 1.807) is 0 Å². The number of nitrogens with zero attached hydrogens (tertiary/aromatic N) is 1. The predicted molar refractivity (Wildman–Crippen MR) is 66.9 cm³/mol. The quantitative estimate of drug-likeness (QED) is 0.776. The molecule has 0 amide bonds. The average Bonchev–Trinajstić information content (AvgIpc) is 2.14. The predicted octanol–water partition coefficient (Wildman–Crippen LogP) is 2.48. The number of piperidine rings is 1. The summed E-state index contributed by atoms with van der Waals surface area (Å²) < 4.78 is 0. The van der Waals surface area contributed by atoms with Gasteiger partial charge in [0.25, 0.3) is 0 Å². The molecule has 1 aliphatic rings. The molecule has 15 heavy (non-hydrogen) atoms. The molecule has 1 rings (SSSR count). The molecule has 1 atom stereocenters. The van der Waals surface area contributed by atoms with Gasteiger partial charge in [-0.1, -0.05) is 13.8 Å². The molecule has 90 valence electrons. The highest BCUT2D eigenvalue weighted by Crippen LogP contribution is 2.31. The molecule has 1 saturated heterocycles. The van der Waals surface area contributed by atoms with Crippen molar-refractivity contribution < 1.29 is 0 Å². The molecule has 1 unspecified atom stereocenters. The number of rotatable bonds is 4. The van der Waals surface area contributed by atoms with E-state index in [0.29, 0.717) is 5.54 Å². The van der Waals surface area contributed by atoms with Gasteiger partial charge in [-0.2, -0.15) is 0 Å². The van der Waals surface area contributed by atoms with Crippen molar-refractivity contribution in [3.8, 4) is 0 Å². The molecule has 1 fully saturated rings. The highest BCUT2D eigenvalue weighted by atomic mass is 15.2. The van der Waals surface area contributed by atoms with Crippen LogP contribution in [0.1, 0.15) is 47.0 Å². The Balaban J connectivity index is 2.45. The largest absolute Gasteiger partial charge is 0.330 e. The van der Waals surface area contributed by atoms with Crippen LogP contribution in [0, 0.1) is 11.8 Å². The molecule has 2 heteroatoms. The maximum atomic E-state index is 5.77. The first-order valence-electron chi connectivity index (χ1n) is 6.41. The first-order valence-corrected chi connectivity index (χ1v) is 6.41. The number of nitrogens with two attached hydrogens (primary N) is 1. The second-order valence-corrected chi connectivity index (χ2v) is 6.08. The van der Waals surface area contributed by atoms with Gasteiger partial charge in [0.2, 0.25) is 0 Å². The third-order valence-corrected chi connectivity index (χ3v) is 3.76. The fraction of sp³-hybridized carbons (Fsp3) is 1.00. The van der Waals surface area contributed by atoms with Gasteiger partial charge >= 0.3 is 0 Å². The second-order valence-electron chi connectivity index (χ2n) is 6.08. The smallest absolute Gasteiger partial charge is 0.0156 e. The molecule has 0 aromatic heterocycles. The standard InChI is InChI=1S/C13H28N2/c1-11(2)5-7-15-8-6-12(10-14)9-13(15,3)4/h11-12H,5-10,14H2,1-4H3. The van der Waals surface area contributed by atoms with Crippen molar-refractivity contribution in [2.75, 3.05) is 19.6 Å². The third-order valence-electron chi connectivity index (χ3n) is 3.76. The molecule has 2 N–H and O–H groups in total. The van der Waals surface area contributed by atoms with E-state index in [1.165, 1.54) is 32.4 Å². The summed E-state index contributed by atoms with van der Waals surface area (Å²) in [4.78, 5) is 2.65. The zero-order valence-corrected chi connectivity index (χ0v) is 10.9. The van der Waals surface area contributed by atoms with E-state index in [-0.39, 0.29) is 0 Å². The molecule has 0 radical (unpaired) electrons. The average molecular weight is 212 g/mol. The van der Waals surface area contributed by atoms with E-state index in [2.05, 4.69) is 32.6 Å². The van der Waals surface area contributed by atoms with Gasteiger partial charge in [0.15, 0.2) is 0 Å². The summed E-state index contributed by atoms with van der Waals surface area (Å²) in [7, 11) is 0. The zero-order chi connectivity index (χ0) is 11.5. The molecule has 0 aromatic carbocycles. The fourth-order valence-corrected chi connectivity index (χ4v) is 2.61. The van der Waals surface area contributed by atoms with Crippen LogP contribution in [0.15, 0.2) is 0 Å². The lowest BCUT2D eigenvalue weighted by Gasteiger charge is -2.46. The summed E-state index contributed by atoms with van der Waals surface area (Å²) >= 11 is 0. The van der Waals surface area contributed by atoms with Crippen LogP contribution < -0.4 is 5.73 Å². The number of likely N-dealkylation sites (tertiary alicyclic amines) is 1. The Morgan fingerprint density at radius 3 is 2.53 bits per heavy atom. The minimum absolute atomic E-state index is 0.358. The summed E-state index contributed by atoms with van der Waals surface area (Å²) in [6.07, 6.45) is 3.87. The first kappa shape index (κ1) is 13.0. The summed E-state index contributed by atoms with van der Waals surface area (Å²) in [6.45, 7) is 12.7. The first-order chi connectivity index (χ1) is 6.95. The van der Waals surface area contributed by atoms with Gasteiger partial charge in [0.1, 0.15) is 0 Å². The van der Waals surface area contributed by atoms with Crippen LogP contribution in [0.4, 0.5) is 0 Å². The van der Waals surface area contributed by atoms with E-state index in [1.807, 2.05) is 0 Å². The van der Waals surface area contributed by atoms with Gasteiger partial charge in [-0.25, -0.2) is 0 Å². The van der Waals surface area contributed by atoms with Crippen LogP contribution in [0.25, 0.3) is 0 Å². The SMILES string of the molecule is CC(C)CCN1CCC(CN)CC1(C)C. The molecule has 0 aromatic rings. The van der Waals surface area contributed by atoms with Crippen molar-refractivity contribution in [3.63, 3.8) is 0 Å². The van der Waals surface area contributed by atoms with Crippen molar-refractivity contribution in [2.24, 2.45) is 17.6 Å². The van der Waals surface area contributed by atoms with E-state index in [9.17, 15) is 0 Å². The highest BCUT2D eigenvalue weighted by molar-refractivity contribution is 4.89. The third kappa shape index (κ3) is 3.76. The number of hydrogen-bond donors (Lipinski definition) is 1. The van der Waals surface area contributed by atoms with Crippen LogP contribution in [0.5, 0.6) is 0 Å². The lowest BCUT2D eigenvalue weighted by molar-refractivity contribution is 0.0452. The minimum Gasteiger partial charge on any atom is -0.330 e. The maximum absolute atomic E-state index is 5.77. The van der Waals surface area contributed by atoms with Gasteiger partial charge in [-0.05, 0) is 64.6 Å². The minimum atomic E-state index is 0.358. The molecule has 1 heterocycles. The van der Waals surface area contributed by atoms with Gasteiger partial charge in [0.05, 0.1) is 0 Å². The summed E-state index contributed by atoms with van der Waals surface area (Å²) in [6, 6.07) is 0. The summed E-state index contributed by atoms with van der Waals surface area (Å²) in [5, 5.41) is 0. The molecule has 0 aliphatic carbocycles. The molecule has 0 saturated carbocycles. The molecule has 1 aliphatic heterocycles. The Bertz CT molecular complexity index is 187. The summed E-state index contributed by atoms with van der Waals surface area (Å²) in [5.74, 6) is 1.56. The zero-order valence-electron chi connectivity index (χ0n) is 10.9. The lowest BCUT2D eigenvalue weighted by atomic mass is 9.82. The molecule has 0 spiro atoms. The molecular formula is C13H28N2. The van der Waals surface area contributed by atoms with Crippen molar-refractivity contribution in [2.45, 2.75) is 52.5 Å². The van der Waals surface area contributed by atoms with Gasteiger partial charge in [-0.3, -0.25) is 4.90 Å².